The number of nitrogens with one attached hydrogen (secondary N) is 1. The number of carbonyl (C=O) groups excluding carboxylic acids is 1. The van der Waals surface area contributed by atoms with Crippen LogP contribution < -0.4 is 10.3 Å². The first-order valence-corrected chi connectivity index (χ1v) is 10.9. The van der Waals surface area contributed by atoms with Gasteiger partial charge in [0.1, 0.15) is 17.2 Å². The molecular formula is C20H16F7N7OS. The zero-order valence-electron chi connectivity index (χ0n) is 18.2. The summed E-state index contributed by atoms with van der Waals surface area (Å²) in [5, 5.41) is 7.35. The lowest BCUT2D eigenvalue weighted by Crippen LogP contribution is -2.40. The Morgan fingerprint density at radius 2 is 1.92 bits per heavy atom. The van der Waals surface area contributed by atoms with E-state index in [2.05, 4.69) is 20.4 Å². The van der Waals surface area contributed by atoms with Crippen LogP contribution in [0.2, 0.25) is 0 Å². The van der Waals surface area contributed by atoms with Crippen LogP contribution in [-0.2, 0) is 12.7 Å². The van der Waals surface area contributed by atoms with E-state index in [1.807, 2.05) is 0 Å². The molecule has 0 unspecified atom stereocenters. The van der Waals surface area contributed by atoms with Crippen molar-refractivity contribution in [2.45, 2.75) is 25.2 Å². The summed E-state index contributed by atoms with van der Waals surface area (Å²) < 4.78 is 94.7. The van der Waals surface area contributed by atoms with Gasteiger partial charge in [0.2, 0.25) is 0 Å². The van der Waals surface area contributed by atoms with Crippen LogP contribution in [0.25, 0.3) is 5.65 Å². The molecule has 16 heteroatoms. The highest BCUT2D eigenvalue weighted by Gasteiger charge is 2.40. The summed E-state index contributed by atoms with van der Waals surface area (Å²) in [6.45, 7) is 0.814. The van der Waals surface area contributed by atoms with Crippen LogP contribution in [0.1, 0.15) is 28.7 Å². The lowest BCUT2D eigenvalue weighted by atomic mass is 10.2. The van der Waals surface area contributed by atoms with Gasteiger partial charge < -0.3 is 5.32 Å². The molecule has 36 heavy (non-hydrogen) atoms. The number of pyridine rings is 2. The summed E-state index contributed by atoms with van der Waals surface area (Å²) in [6.07, 6.45) is -2.44. The molecule has 0 spiro atoms. The zero-order chi connectivity index (χ0) is 26.3. The third kappa shape index (κ3) is 5.47. The van der Waals surface area contributed by atoms with E-state index in [0.717, 1.165) is 19.8 Å². The van der Waals surface area contributed by atoms with Crippen LogP contribution in [-0.4, -0.2) is 49.0 Å². The van der Waals surface area contributed by atoms with Crippen molar-refractivity contribution in [1.82, 2.24) is 24.0 Å². The SMILES string of the molecule is CC1=NN(c2ncc(CNC(=O)c3c(C(F)(F)F)nc4ccccn34)cc2F)CCN1SC(F)(F)F. The van der Waals surface area contributed by atoms with Crippen molar-refractivity contribution in [2.24, 2.45) is 5.10 Å². The van der Waals surface area contributed by atoms with Gasteiger partial charge in [-0.15, -0.1) is 0 Å². The number of alkyl halides is 6. The summed E-state index contributed by atoms with van der Waals surface area (Å²) >= 11 is -0.354. The van der Waals surface area contributed by atoms with E-state index in [4.69, 9.17) is 0 Å². The predicted molar refractivity (Wildman–Crippen MR) is 116 cm³/mol. The Morgan fingerprint density at radius 3 is 2.56 bits per heavy atom. The van der Waals surface area contributed by atoms with Crippen molar-refractivity contribution in [1.29, 1.82) is 0 Å². The molecule has 3 aromatic heterocycles. The van der Waals surface area contributed by atoms with Gasteiger partial charge in [0, 0.05) is 18.9 Å². The lowest BCUT2D eigenvalue weighted by Gasteiger charge is -2.32. The average molecular weight is 535 g/mol. The van der Waals surface area contributed by atoms with Crippen molar-refractivity contribution in [3.63, 3.8) is 0 Å². The van der Waals surface area contributed by atoms with Crippen molar-refractivity contribution < 1.29 is 35.5 Å². The first-order chi connectivity index (χ1) is 16.8. The summed E-state index contributed by atoms with van der Waals surface area (Å²) in [5.41, 5.74) is -6.52. The molecule has 4 rings (SSSR count). The highest BCUT2D eigenvalue weighted by molar-refractivity contribution is 7.98. The fraction of sp³-hybridized carbons (Fsp3) is 0.300. The molecule has 0 radical (unpaired) electrons. The summed E-state index contributed by atoms with van der Waals surface area (Å²) in [6, 6.07) is 5.23. The maximum atomic E-state index is 14.7. The molecule has 3 aromatic rings. The number of carbonyl (C=O) groups is 1. The molecule has 192 valence electrons. The molecule has 8 nitrogen and oxygen atoms in total. The maximum absolute atomic E-state index is 14.7. The standard InChI is InChI=1S/C20H16F7N7OS/c1-11-31-33(6-7-34(11)36-20(25,26)27)17-13(21)8-12(9-28-17)10-29-18(35)15-16(19(22,23)24)30-14-4-2-3-5-32(14)15/h2-5,8-9H,6-7,10H2,1H3,(H,29,35). The number of hydrazone groups is 1. The molecule has 0 aromatic carbocycles. The first kappa shape index (κ1) is 25.5. The van der Waals surface area contributed by atoms with Crippen LogP contribution in [0.4, 0.5) is 36.6 Å². The fourth-order valence-electron chi connectivity index (χ4n) is 3.45. The quantitative estimate of drug-likeness (QED) is 0.385. The smallest absolute Gasteiger partial charge is 0.347 e. The summed E-state index contributed by atoms with van der Waals surface area (Å²) in [4.78, 5) is 20.0. The largest absolute Gasteiger partial charge is 0.461 e. The highest BCUT2D eigenvalue weighted by Crippen LogP contribution is 2.35. The van der Waals surface area contributed by atoms with Crippen molar-refractivity contribution in [3.8, 4) is 0 Å². The van der Waals surface area contributed by atoms with E-state index in [-0.39, 0.29) is 54.4 Å². The highest BCUT2D eigenvalue weighted by atomic mass is 32.2. The number of halogens is 7. The van der Waals surface area contributed by atoms with Crippen molar-refractivity contribution in [3.05, 3.63) is 59.4 Å². The Morgan fingerprint density at radius 1 is 1.17 bits per heavy atom. The fourth-order valence-corrected chi connectivity index (χ4v) is 4.04. The van der Waals surface area contributed by atoms with Gasteiger partial charge in [-0.2, -0.15) is 31.4 Å². The third-order valence-corrected chi connectivity index (χ3v) is 5.82. The van der Waals surface area contributed by atoms with Gasteiger partial charge in [-0.25, -0.2) is 19.4 Å². The Hall–Kier alpha value is -3.56. The minimum Gasteiger partial charge on any atom is -0.347 e. The predicted octanol–water partition coefficient (Wildman–Crippen LogP) is 4.44. The van der Waals surface area contributed by atoms with Gasteiger partial charge >= 0.3 is 11.7 Å². The van der Waals surface area contributed by atoms with Crippen LogP contribution >= 0.6 is 11.9 Å². The van der Waals surface area contributed by atoms with Crippen LogP contribution in [0.3, 0.4) is 0 Å². The third-order valence-electron chi connectivity index (χ3n) is 4.94. The second-order valence-corrected chi connectivity index (χ2v) is 8.56. The molecule has 0 saturated carbocycles. The van der Waals surface area contributed by atoms with E-state index < -0.39 is 34.8 Å². The van der Waals surface area contributed by atoms with Gasteiger partial charge in [-0.1, -0.05) is 6.07 Å². The van der Waals surface area contributed by atoms with Gasteiger partial charge in [0.25, 0.3) is 5.91 Å². The van der Waals surface area contributed by atoms with Crippen LogP contribution in [0, 0.1) is 5.82 Å². The zero-order valence-corrected chi connectivity index (χ0v) is 19.0. The maximum Gasteiger partial charge on any atom is 0.461 e. The number of amidine groups is 1. The molecule has 1 N–H and O–H groups in total. The number of imidazole rings is 1. The van der Waals surface area contributed by atoms with Gasteiger partial charge in [-0.05, 0) is 30.7 Å². The average Bonchev–Trinajstić information content (AvgIpc) is 3.19. The second-order valence-electron chi connectivity index (χ2n) is 7.48. The second kappa shape index (κ2) is 9.48. The van der Waals surface area contributed by atoms with E-state index in [1.54, 1.807) is 0 Å². The van der Waals surface area contributed by atoms with E-state index in [0.29, 0.717) is 0 Å². The molecule has 1 aliphatic heterocycles. The number of fused-ring (bicyclic) bond motifs is 1. The molecule has 1 amide bonds. The van der Waals surface area contributed by atoms with Crippen molar-refractivity contribution in [2.75, 3.05) is 18.1 Å². The normalized spacial score (nSPS) is 14.8. The number of nitrogens with zero attached hydrogens (tertiary/aromatic N) is 6. The molecular weight excluding hydrogens is 519 g/mol. The first-order valence-electron chi connectivity index (χ1n) is 10.2. The van der Waals surface area contributed by atoms with Gasteiger partial charge in [0.15, 0.2) is 17.3 Å². The molecule has 0 saturated heterocycles. The minimum atomic E-state index is -4.88. The Bertz CT molecular complexity index is 1320. The van der Waals surface area contributed by atoms with Crippen molar-refractivity contribution >= 4 is 35.2 Å². The number of hydrogen-bond acceptors (Lipinski definition) is 7. The Balaban J connectivity index is 1.48. The van der Waals surface area contributed by atoms with E-state index in [9.17, 15) is 35.5 Å². The van der Waals surface area contributed by atoms with Crippen LogP contribution in [0.15, 0.2) is 41.8 Å². The van der Waals surface area contributed by atoms with Gasteiger partial charge in [0.05, 0.1) is 25.0 Å². The minimum absolute atomic E-state index is 0.00498. The number of hydrogen-bond donors (Lipinski definition) is 1. The molecule has 4 heterocycles. The Kier molecular flexibility index (Phi) is 6.72. The lowest BCUT2D eigenvalue weighted by molar-refractivity contribution is -0.141. The topological polar surface area (TPSA) is 78.1 Å². The van der Waals surface area contributed by atoms with Crippen LogP contribution in [0.5, 0.6) is 0 Å². The number of rotatable bonds is 5. The Labute approximate surface area is 202 Å². The van der Waals surface area contributed by atoms with Gasteiger partial charge in [-0.3, -0.25) is 13.5 Å². The number of amides is 1. The number of aromatic nitrogens is 3. The van der Waals surface area contributed by atoms with E-state index >= 15 is 0 Å². The molecule has 0 bridgehead atoms. The molecule has 1 aliphatic rings. The van der Waals surface area contributed by atoms with E-state index in [1.165, 1.54) is 37.5 Å². The summed E-state index contributed by atoms with van der Waals surface area (Å²) in [5.74, 6) is -2.21. The molecule has 0 fully saturated rings. The summed E-state index contributed by atoms with van der Waals surface area (Å²) in [7, 11) is 0. The monoisotopic (exact) mass is 535 g/mol. The molecule has 0 aliphatic carbocycles. The number of anilines is 1. The molecule has 0 atom stereocenters.